The quantitative estimate of drug-likeness (QED) is 0.841. The second kappa shape index (κ2) is 5.60. The Balaban J connectivity index is 2.36. The van der Waals surface area contributed by atoms with Crippen LogP contribution in [-0.2, 0) is 10.0 Å². The van der Waals surface area contributed by atoms with Crippen LogP contribution >= 0.6 is 23.8 Å². The molecule has 1 aromatic rings. The molecule has 1 fully saturated rings. The molecule has 110 valence electrons. The van der Waals surface area contributed by atoms with Crippen molar-refractivity contribution in [3.8, 4) is 0 Å². The molecule has 0 radical (unpaired) electrons. The standard InChI is InChI=1S/C13H17ClN2O2S2/c1-8(9-3-4-9)16(2)20(17,18)12-6-5-10(13(15)19)7-11(12)14/h5-9H,3-4H2,1-2H3,(H2,15,19). The number of rotatable bonds is 5. The second-order valence-electron chi connectivity index (χ2n) is 5.11. The Morgan fingerprint density at radius 1 is 1.50 bits per heavy atom. The Morgan fingerprint density at radius 2 is 2.10 bits per heavy atom. The van der Waals surface area contributed by atoms with Crippen molar-refractivity contribution in [1.29, 1.82) is 0 Å². The highest BCUT2D eigenvalue weighted by atomic mass is 35.5. The zero-order chi connectivity index (χ0) is 15.1. The molecule has 4 nitrogen and oxygen atoms in total. The van der Waals surface area contributed by atoms with Crippen LogP contribution < -0.4 is 5.73 Å². The summed E-state index contributed by atoms with van der Waals surface area (Å²) in [7, 11) is -2.01. The van der Waals surface area contributed by atoms with Crippen molar-refractivity contribution in [3.63, 3.8) is 0 Å². The molecule has 0 amide bonds. The summed E-state index contributed by atoms with van der Waals surface area (Å²) in [6.45, 7) is 1.92. The van der Waals surface area contributed by atoms with Crippen LogP contribution in [-0.4, -0.2) is 30.8 Å². The lowest BCUT2D eigenvalue weighted by atomic mass is 10.2. The van der Waals surface area contributed by atoms with Gasteiger partial charge in [0.15, 0.2) is 0 Å². The summed E-state index contributed by atoms with van der Waals surface area (Å²) in [6.07, 6.45) is 2.16. The zero-order valence-electron chi connectivity index (χ0n) is 11.3. The first-order chi connectivity index (χ1) is 9.25. The summed E-state index contributed by atoms with van der Waals surface area (Å²) in [5.74, 6) is 0.449. The number of hydrogen-bond donors (Lipinski definition) is 1. The molecule has 1 aliphatic carbocycles. The average molecular weight is 333 g/mol. The molecule has 1 saturated carbocycles. The van der Waals surface area contributed by atoms with Gasteiger partial charge in [-0.2, -0.15) is 4.31 Å². The van der Waals surface area contributed by atoms with Gasteiger partial charge in [-0.25, -0.2) is 8.42 Å². The zero-order valence-corrected chi connectivity index (χ0v) is 13.7. The van der Waals surface area contributed by atoms with Crippen LogP contribution in [0.2, 0.25) is 5.02 Å². The Bertz CT molecular complexity index is 642. The molecular weight excluding hydrogens is 316 g/mol. The van der Waals surface area contributed by atoms with Gasteiger partial charge in [-0.05, 0) is 37.8 Å². The van der Waals surface area contributed by atoms with Gasteiger partial charge in [0.25, 0.3) is 0 Å². The highest BCUT2D eigenvalue weighted by molar-refractivity contribution is 7.89. The number of nitrogens with zero attached hydrogens (tertiary/aromatic N) is 1. The van der Waals surface area contributed by atoms with E-state index in [-0.39, 0.29) is 20.9 Å². The lowest BCUT2D eigenvalue weighted by molar-refractivity contribution is 0.357. The lowest BCUT2D eigenvalue weighted by Gasteiger charge is -2.24. The molecule has 0 heterocycles. The number of sulfonamides is 1. The van der Waals surface area contributed by atoms with Crippen molar-refractivity contribution in [2.45, 2.75) is 30.7 Å². The predicted octanol–water partition coefficient (Wildman–Crippen LogP) is 2.39. The van der Waals surface area contributed by atoms with E-state index in [4.69, 9.17) is 29.6 Å². The van der Waals surface area contributed by atoms with Gasteiger partial charge in [0, 0.05) is 18.7 Å². The van der Waals surface area contributed by atoms with Crippen molar-refractivity contribution >= 4 is 38.8 Å². The van der Waals surface area contributed by atoms with Crippen LogP contribution in [0.1, 0.15) is 25.3 Å². The maximum atomic E-state index is 12.6. The maximum Gasteiger partial charge on any atom is 0.244 e. The van der Waals surface area contributed by atoms with Gasteiger partial charge in [0.2, 0.25) is 10.0 Å². The molecule has 1 unspecified atom stereocenters. The first kappa shape index (κ1) is 15.7. The SMILES string of the molecule is CC(C1CC1)N(C)S(=O)(=O)c1ccc(C(N)=S)cc1Cl. The fraction of sp³-hybridized carbons (Fsp3) is 0.462. The van der Waals surface area contributed by atoms with Gasteiger partial charge in [0.05, 0.1) is 5.02 Å². The monoisotopic (exact) mass is 332 g/mol. The summed E-state index contributed by atoms with van der Waals surface area (Å²) in [6, 6.07) is 4.51. The highest BCUT2D eigenvalue weighted by Gasteiger charge is 2.36. The minimum Gasteiger partial charge on any atom is -0.389 e. The van der Waals surface area contributed by atoms with Gasteiger partial charge in [-0.3, -0.25) is 0 Å². The smallest absolute Gasteiger partial charge is 0.244 e. The lowest BCUT2D eigenvalue weighted by Crippen LogP contribution is -2.36. The topological polar surface area (TPSA) is 63.4 Å². The Morgan fingerprint density at radius 3 is 2.55 bits per heavy atom. The molecule has 0 saturated heterocycles. The van der Waals surface area contributed by atoms with Crippen molar-refractivity contribution in [2.24, 2.45) is 11.7 Å². The molecule has 2 N–H and O–H groups in total. The average Bonchev–Trinajstić information content (AvgIpc) is 3.20. The molecule has 0 aromatic heterocycles. The van der Waals surface area contributed by atoms with E-state index in [1.54, 1.807) is 13.1 Å². The van der Waals surface area contributed by atoms with E-state index >= 15 is 0 Å². The number of benzene rings is 1. The largest absolute Gasteiger partial charge is 0.389 e. The van der Waals surface area contributed by atoms with E-state index in [0.717, 1.165) is 12.8 Å². The van der Waals surface area contributed by atoms with Crippen molar-refractivity contribution in [1.82, 2.24) is 4.31 Å². The summed E-state index contributed by atoms with van der Waals surface area (Å²) in [5, 5.41) is 0.144. The van der Waals surface area contributed by atoms with E-state index in [9.17, 15) is 8.42 Å². The number of nitrogens with two attached hydrogens (primary N) is 1. The van der Waals surface area contributed by atoms with E-state index in [1.807, 2.05) is 6.92 Å². The number of hydrogen-bond acceptors (Lipinski definition) is 3. The van der Waals surface area contributed by atoms with Crippen LogP contribution in [0.15, 0.2) is 23.1 Å². The Hall–Kier alpha value is -0.690. The normalized spacial score (nSPS) is 17.2. The summed E-state index contributed by atoms with van der Waals surface area (Å²) in [4.78, 5) is 0.282. The molecule has 1 atom stereocenters. The molecule has 0 spiro atoms. The fourth-order valence-corrected chi connectivity index (χ4v) is 4.18. The van der Waals surface area contributed by atoms with E-state index < -0.39 is 10.0 Å². The van der Waals surface area contributed by atoms with Crippen molar-refractivity contribution in [3.05, 3.63) is 28.8 Å². The van der Waals surface area contributed by atoms with Gasteiger partial charge in [-0.1, -0.05) is 29.9 Å². The van der Waals surface area contributed by atoms with Crippen molar-refractivity contribution < 1.29 is 8.42 Å². The molecule has 20 heavy (non-hydrogen) atoms. The van der Waals surface area contributed by atoms with Crippen LogP contribution in [0.4, 0.5) is 0 Å². The summed E-state index contributed by atoms with van der Waals surface area (Å²) >= 11 is 10.9. The first-order valence-electron chi connectivity index (χ1n) is 6.32. The van der Waals surface area contributed by atoms with Gasteiger partial charge in [0.1, 0.15) is 9.88 Å². The summed E-state index contributed by atoms with van der Waals surface area (Å²) in [5.41, 5.74) is 6.07. The maximum absolute atomic E-state index is 12.6. The minimum absolute atomic E-state index is 0.0219. The van der Waals surface area contributed by atoms with E-state index in [2.05, 4.69) is 0 Å². The second-order valence-corrected chi connectivity index (χ2v) is 7.92. The predicted molar refractivity (Wildman–Crippen MR) is 84.5 cm³/mol. The fourth-order valence-electron chi connectivity index (χ4n) is 2.11. The number of halogens is 1. The number of thiocarbonyl (C=S) groups is 1. The molecule has 2 rings (SSSR count). The first-order valence-corrected chi connectivity index (χ1v) is 8.55. The molecule has 0 bridgehead atoms. The third-order valence-corrected chi connectivity index (χ3v) is 6.41. The van der Waals surface area contributed by atoms with Gasteiger partial charge < -0.3 is 5.73 Å². The van der Waals surface area contributed by atoms with Crippen molar-refractivity contribution in [2.75, 3.05) is 7.05 Å². The molecule has 1 aromatic carbocycles. The molecule has 1 aliphatic rings. The van der Waals surface area contributed by atoms with Gasteiger partial charge >= 0.3 is 0 Å². The summed E-state index contributed by atoms with van der Waals surface area (Å²) < 4.78 is 26.6. The Kier molecular flexibility index (Phi) is 4.39. The molecule has 7 heteroatoms. The molecule has 0 aliphatic heterocycles. The van der Waals surface area contributed by atoms with Crippen LogP contribution in [0.3, 0.4) is 0 Å². The highest BCUT2D eigenvalue weighted by Crippen LogP contribution is 2.37. The van der Waals surface area contributed by atoms with Crippen LogP contribution in [0.25, 0.3) is 0 Å². The third kappa shape index (κ3) is 2.98. The van der Waals surface area contributed by atoms with E-state index in [1.165, 1.54) is 16.4 Å². The Labute approximate surface area is 130 Å². The molecular formula is C13H17ClN2O2S2. The van der Waals surface area contributed by atoms with E-state index in [0.29, 0.717) is 11.5 Å². The minimum atomic E-state index is -3.60. The third-order valence-electron chi connectivity index (χ3n) is 3.75. The van der Waals surface area contributed by atoms with Gasteiger partial charge in [-0.15, -0.1) is 0 Å². The van der Waals surface area contributed by atoms with Crippen LogP contribution in [0, 0.1) is 5.92 Å². The van der Waals surface area contributed by atoms with Crippen LogP contribution in [0.5, 0.6) is 0 Å².